The molecule has 4 heteroatoms. The zero-order valence-electron chi connectivity index (χ0n) is 22.3. The molecule has 1 unspecified atom stereocenters. The minimum atomic E-state index is -0.867. The van der Waals surface area contributed by atoms with Gasteiger partial charge >= 0.3 is 5.97 Å². The number of rotatable bonds is 12. The molecule has 5 aromatic rings. The lowest BCUT2D eigenvalue weighted by atomic mass is 9.89. The normalized spacial score (nSPS) is 11.8. The van der Waals surface area contributed by atoms with Crippen molar-refractivity contribution in [2.45, 2.75) is 25.1 Å². The third-order valence-corrected chi connectivity index (χ3v) is 7.09. The summed E-state index contributed by atoms with van der Waals surface area (Å²) in [7, 11) is 0. The molecule has 0 fully saturated rings. The summed E-state index contributed by atoms with van der Waals surface area (Å²) >= 11 is 0. The smallest absolute Gasteiger partial charge is 0.325 e. The fourth-order valence-electron chi connectivity index (χ4n) is 5.08. The summed E-state index contributed by atoms with van der Waals surface area (Å²) in [6.45, 7) is 1.50. The largest absolute Gasteiger partial charge is 0.489 e. The lowest BCUT2D eigenvalue weighted by Crippen LogP contribution is -2.37. The molecule has 5 aromatic carbocycles. The van der Waals surface area contributed by atoms with Crippen molar-refractivity contribution in [1.29, 1.82) is 0 Å². The van der Waals surface area contributed by atoms with E-state index >= 15 is 0 Å². The summed E-state index contributed by atoms with van der Waals surface area (Å²) in [5.74, 6) is -0.0845. The van der Waals surface area contributed by atoms with Crippen LogP contribution >= 0.6 is 0 Å². The van der Waals surface area contributed by atoms with Gasteiger partial charge in [-0.05, 0) is 39.9 Å². The van der Waals surface area contributed by atoms with Crippen molar-refractivity contribution in [3.8, 4) is 5.75 Å². The van der Waals surface area contributed by atoms with E-state index in [1.807, 2.05) is 121 Å². The number of carbonyl (C=O) groups is 1. The minimum Gasteiger partial charge on any atom is -0.489 e. The summed E-state index contributed by atoms with van der Waals surface area (Å²) in [6.07, 6.45) is 0. The summed E-state index contributed by atoms with van der Waals surface area (Å²) in [6, 6.07) is 47.4. The highest BCUT2D eigenvalue weighted by Gasteiger charge is 2.30. The zero-order valence-corrected chi connectivity index (χ0v) is 22.3. The Bertz CT molecular complexity index is 1420. The third-order valence-electron chi connectivity index (χ3n) is 7.09. The highest BCUT2D eigenvalue weighted by molar-refractivity contribution is 5.75. The van der Waals surface area contributed by atoms with Crippen LogP contribution in [-0.4, -0.2) is 22.5 Å². The van der Waals surface area contributed by atoms with Crippen molar-refractivity contribution in [2.24, 2.45) is 0 Å². The third kappa shape index (κ3) is 7.04. The first-order valence-corrected chi connectivity index (χ1v) is 13.5. The van der Waals surface area contributed by atoms with Crippen LogP contribution in [0.4, 0.5) is 0 Å². The molecule has 0 saturated carbocycles. The Morgan fingerprint density at radius 2 is 1.07 bits per heavy atom. The van der Waals surface area contributed by atoms with Crippen LogP contribution in [0.15, 0.2) is 146 Å². The van der Waals surface area contributed by atoms with Crippen LogP contribution in [0.2, 0.25) is 0 Å². The Hall–Kier alpha value is -4.67. The molecule has 0 aliphatic carbocycles. The second-order valence-corrected chi connectivity index (χ2v) is 9.87. The predicted octanol–water partition coefficient (Wildman–Crippen LogP) is 7.73. The molecular formula is C36H33NO3. The Kier molecular flexibility index (Phi) is 9.02. The van der Waals surface area contributed by atoms with E-state index in [4.69, 9.17) is 4.74 Å². The number of hydrogen-bond acceptors (Lipinski definition) is 3. The first-order chi connectivity index (χ1) is 19.7. The molecule has 200 valence electrons. The van der Waals surface area contributed by atoms with Crippen molar-refractivity contribution in [3.63, 3.8) is 0 Å². The van der Waals surface area contributed by atoms with Gasteiger partial charge in [0.25, 0.3) is 0 Å². The SMILES string of the molecule is O=C(O)C(c1ccccc1)N(Cc1ccc(OCc2ccccc2)cc1)CC(c1ccccc1)c1ccccc1. The molecule has 0 aliphatic rings. The molecule has 4 nitrogen and oxygen atoms in total. The fraction of sp³-hybridized carbons (Fsp3) is 0.139. The Morgan fingerprint density at radius 3 is 1.57 bits per heavy atom. The van der Waals surface area contributed by atoms with Gasteiger partial charge in [0.2, 0.25) is 0 Å². The van der Waals surface area contributed by atoms with Gasteiger partial charge in [0, 0.05) is 19.0 Å². The molecule has 0 aliphatic heterocycles. The Morgan fingerprint density at radius 1 is 0.600 bits per heavy atom. The molecular weight excluding hydrogens is 494 g/mol. The molecule has 0 radical (unpaired) electrons. The average molecular weight is 528 g/mol. The van der Waals surface area contributed by atoms with Gasteiger partial charge in [-0.1, -0.05) is 133 Å². The van der Waals surface area contributed by atoms with Gasteiger partial charge in [0.05, 0.1) is 0 Å². The van der Waals surface area contributed by atoms with Crippen LogP contribution in [-0.2, 0) is 17.9 Å². The van der Waals surface area contributed by atoms with Gasteiger partial charge in [0.15, 0.2) is 0 Å². The number of carboxylic acids is 1. The lowest BCUT2D eigenvalue weighted by molar-refractivity contribution is -0.144. The van der Waals surface area contributed by atoms with Gasteiger partial charge in [-0.2, -0.15) is 0 Å². The number of benzene rings is 5. The maximum Gasteiger partial charge on any atom is 0.325 e. The first-order valence-electron chi connectivity index (χ1n) is 13.5. The Balaban J connectivity index is 1.44. The van der Waals surface area contributed by atoms with E-state index in [2.05, 4.69) is 29.2 Å². The molecule has 1 atom stereocenters. The molecule has 0 amide bonds. The standard InChI is InChI=1S/C36H33NO3/c38-36(39)35(32-19-11-4-12-20-32)37(26-34(30-15-7-2-8-16-30)31-17-9-3-10-18-31)25-28-21-23-33(24-22-28)40-27-29-13-5-1-6-14-29/h1-24,34-35H,25-27H2,(H,38,39). The topological polar surface area (TPSA) is 49.8 Å². The highest BCUT2D eigenvalue weighted by atomic mass is 16.5. The van der Waals surface area contributed by atoms with E-state index in [0.29, 0.717) is 19.7 Å². The van der Waals surface area contributed by atoms with E-state index in [1.165, 1.54) is 0 Å². The van der Waals surface area contributed by atoms with Crippen molar-refractivity contribution in [3.05, 3.63) is 173 Å². The van der Waals surface area contributed by atoms with Gasteiger partial charge < -0.3 is 9.84 Å². The Labute approximate surface area is 236 Å². The monoisotopic (exact) mass is 527 g/mol. The van der Waals surface area contributed by atoms with Crippen molar-refractivity contribution >= 4 is 5.97 Å². The van der Waals surface area contributed by atoms with Crippen LogP contribution in [0.1, 0.15) is 39.8 Å². The number of carboxylic acid groups (broad SMARTS) is 1. The van der Waals surface area contributed by atoms with Crippen molar-refractivity contribution < 1.29 is 14.6 Å². The molecule has 1 N–H and O–H groups in total. The van der Waals surface area contributed by atoms with Crippen LogP contribution in [0.5, 0.6) is 5.75 Å². The van der Waals surface area contributed by atoms with E-state index in [0.717, 1.165) is 33.6 Å². The van der Waals surface area contributed by atoms with Crippen LogP contribution in [0.3, 0.4) is 0 Å². The maximum atomic E-state index is 12.8. The van der Waals surface area contributed by atoms with Gasteiger partial charge in [0.1, 0.15) is 18.4 Å². The highest BCUT2D eigenvalue weighted by Crippen LogP contribution is 2.31. The first kappa shape index (κ1) is 26.9. The van der Waals surface area contributed by atoms with Gasteiger partial charge in [-0.15, -0.1) is 0 Å². The molecule has 0 aromatic heterocycles. The number of hydrogen-bond donors (Lipinski definition) is 1. The van der Waals surface area contributed by atoms with Crippen molar-refractivity contribution in [1.82, 2.24) is 4.90 Å². The molecule has 0 bridgehead atoms. The predicted molar refractivity (Wildman–Crippen MR) is 159 cm³/mol. The summed E-state index contributed by atoms with van der Waals surface area (Å²) in [5, 5.41) is 10.5. The van der Waals surface area contributed by atoms with Crippen LogP contribution in [0, 0.1) is 0 Å². The van der Waals surface area contributed by atoms with Crippen molar-refractivity contribution in [2.75, 3.05) is 6.54 Å². The van der Waals surface area contributed by atoms with Gasteiger partial charge in [-0.3, -0.25) is 9.69 Å². The maximum absolute atomic E-state index is 12.8. The van der Waals surface area contributed by atoms with E-state index < -0.39 is 12.0 Å². The summed E-state index contributed by atoms with van der Waals surface area (Å²) < 4.78 is 5.98. The lowest BCUT2D eigenvalue weighted by Gasteiger charge is -2.33. The molecule has 0 heterocycles. The number of ether oxygens (including phenoxy) is 1. The van der Waals surface area contributed by atoms with Crippen LogP contribution < -0.4 is 4.74 Å². The second kappa shape index (κ2) is 13.4. The second-order valence-electron chi connectivity index (χ2n) is 9.87. The minimum absolute atomic E-state index is 0.00133. The van der Waals surface area contributed by atoms with E-state index in [-0.39, 0.29) is 5.92 Å². The van der Waals surface area contributed by atoms with Crippen LogP contribution in [0.25, 0.3) is 0 Å². The quantitative estimate of drug-likeness (QED) is 0.180. The van der Waals surface area contributed by atoms with E-state index in [1.54, 1.807) is 0 Å². The summed E-state index contributed by atoms with van der Waals surface area (Å²) in [4.78, 5) is 14.9. The molecule has 0 saturated heterocycles. The molecule has 40 heavy (non-hydrogen) atoms. The summed E-state index contributed by atoms with van der Waals surface area (Å²) in [5.41, 5.74) is 5.20. The fourth-order valence-corrected chi connectivity index (χ4v) is 5.08. The molecule has 5 rings (SSSR count). The number of aliphatic carboxylic acids is 1. The molecule has 0 spiro atoms. The van der Waals surface area contributed by atoms with E-state index in [9.17, 15) is 9.90 Å². The number of nitrogens with zero attached hydrogens (tertiary/aromatic N) is 1. The van der Waals surface area contributed by atoms with Gasteiger partial charge in [-0.25, -0.2) is 0 Å². The average Bonchev–Trinajstić information content (AvgIpc) is 3.01. The zero-order chi connectivity index (χ0) is 27.6.